The molecule has 0 aliphatic carbocycles. The van der Waals surface area contributed by atoms with Gasteiger partial charge < -0.3 is 10.1 Å². The molecule has 4 nitrogen and oxygen atoms in total. The van der Waals surface area contributed by atoms with Gasteiger partial charge in [-0.1, -0.05) is 43.7 Å². The van der Waals surface area contributed by atoms with Gasteiger partial charge in [0.15, 0.2) is 0 Å². The molecule has 1 heterocycles. The van der Waals surface area contributed by atoms with Crippen LogP contribution < -0.4 is 10.1 Å². The number of carbonyl (C=O) groups is 1. The highest BCUT2D eigenvalue weighted by Crippen LogP contribution is 2.32. The lowest BCUT2D eigenvalue weighted by atomic mass is 9.92. The number of nitrogens with zero attached hydrogens (tertiary/aromatic N) is 1. The van der Waals surface area contributed by atoms with Gasteiger partial charge in [-0.3, -0.25) is 9.69 Å². The third-order valence-corrected chi connectivity index (χ3v) is 6.51. The largest absolute Gasteiger partial charge is 0.496 e. The van der Waals surface area contributed by atoms with Crippen molar-refractivity contribution in [3.63, 3.8) is 0 Å². The Bertz CT molecular complexity index is 898. The van der Waals surface area contributed by atoms with E-state index in [1.54, 1.807) is 7.11 Å². The van der Waals surface area contributed by atoms with Crippen LogP contribution in [-0.2, 0) is 11.3 Å². The molecule has 0 bridgehead atoms. The number of amides is 1. The third-order valence-electron chi connectivity index (χ3n) is 6.51. The van der Waals surface area contributed by atoms with E-state index in [-0.39, 0.29) is 17.9 Å². The Morgan fingerprint density at radius 3 is 2.42 bits per heavy atom. The minimum absolute atomic E-state index is 0.0128. The molecule has 0 spiro atoms. The number of nitrogens with one attached hydrogen (secondary N) is 1. The molecule has 1 amide bonds. The lowest BCUT2D eigenvalue weighted by Crippen LogP contribution is -2.41. The summed E-state index contributed by atoms with van der Waals surface area (Å²) in [6.45, 7) is 13.6. The molecular weight excluding hydrogens is 384 g/mol. The van der Waals surface area contributed by atoms with Crippen LogP contribution in [0.5, 0.6) is 5.75 Å². The maximum Gasteiger partial charge on any atom is 0.223 e. The Morgan fingerprint density at radius 2 is 1.81 bits per heavy atom. The van der Waals surface area contributed by atoms with E-state index >= 15 is 0 Å². The first-order valence-electron chi connectivity index (χ1n) is 11.5. The Hall–Kier alpha value is -2.33. The Labute approximate surface area is 188 Å². The fraction of sp³-hybridized carbons (Fsp3) is 0.519. The Kier molecular flexibility index (Phi) is 7.77. The molecule has 1 saturated heterocycles. The van der Waals surface area contributed by atoms with E-state index in [0.717, 1.165) is 43.8 Å². The highest BCUT2D eigenvalue weighted by atomic mass is 16.5. The topological polar surface area (TPSA) is 41.6 Å². The van der Waals surface area contributed by atoms with Gasteiger partial charge in [-0.05, 0) is 87.0 Å². The molecule has 1 fully saturated rings. The summed E-state index contributed by atoms with van der Waals surface area (Å²) in [4.78, 5) is 15.5. The highest BCUT2D eigenvalue weighted by molar-refractivity contribution is 5.79. The van der Waals surface area contributed by atoms with Crippen LogP contribution in [0.15, 0.2) is 36.4 Å². The fourth-order valence-electron chi connectivity index (χ4n) is 4.64. The van der Waals surface area contributed by atoms with Crippen LogP contribution in [-0.4, -0.2) is 31.0 Å². The summed E-state index contributed by atoms with van der Waals surface area (Å²) in [7, 11) is 1.72. The second-order valence-corrected chi connectivity index (χ2v) is 9.38. The summed E-state index contributed by atoms with van der Waals surface area (Å²) in [6, 6.07) is 13.0. The van der Waals surface area contributed by atoms with Crippen LogP contribution in [0.2, 0.25) is 0 Å². The van der Waals surface area contributed by atoms with Crippen molar-refractivity contribution < 1.29 is 9.53 Å². The van der Waals surface area contributed by atoms with Gasteiger partial charge in [0.05, 0.1) is 13.2 Å². The molecule has 0 unspecified atom stereocenters. The average molecular weight is 423 g/mol. The number of rotatable bonds is 7. The summed E-state index contributed by atoms with van der Waals surface area (Å²) < 4.78 is 5.57. The van der Waals surface area contributed by atoms with E-state index in [1.165, 1.54) is 22.3 Å². The van der Waals surface area contributed by atoms with Gasteiger partial charge in [-0.2, -0.15) is 0 Å². The zero-order valence-electron chi connectivity index (χ0n) is 20.0. The second kappa shape index (κ2) is 10.3. The number of methoxy groups -OCH3 is 1. The average Bonchev–Trinajstić information content (AvgIpc) is 2.73. The first kappa shape index (κ1) is 23.3. The number of likely N-dealkylation sites (tertiary alicyclic amines) is 1. The van der Waals surface area contributed by atoms with Crippen LogP contribution in [0, 0.1) is 19.8 Å². The van der Waals surface area contributed by atoms with E-state index in [1.807, 2.05) is 0 Å². The highest BCUT2D eigenvalue weighted by Gasteiger charge is 2.26. The molecule has 0 saturated carbocycles. The lowest BCUT2D eigenvalue weighted by Gasteiger charge is -2.32. The van der Waals surface area contributed by atoms with Crippen LogP contribution in [0.1, 0.15) is 73.4 Å². The predicted molar refractivity (Wildman–Crippen MR) is 128 cm³/mol. The molecular formula is C27H38N2O2. The van der Waals surface area contributed by atoms with E-state index < -0.39 is 0 Å². The van der Waals surface area contributed by atoms with Crippen LogP contribution in [0.25, 0.3) is 0 Å². The molecule has 2 aromatic carbocycles. The Morgan fingerprint density at radius 1 is 1.10 bits per heavy atom. The molecule has 1 aliphatic rings. The van der Waals surface area contributed by atoms with E-state index in [4.69, 9.17) is 4.74 Å². The van der Waals surface area contributed by atoms with Gasteiger partial charge in [0.25, 0.3) is 0 Å². The molecule has 3 rings (SSSR count). The van der Waals surface area contributed by atoms with Crippen LogP contribution >= 0.6 is 0 Å². The second-order valence-electron chi connectivity index (χ2n) is 9.38. The maximum absolute atomic E-state index is 13.0. The number of benzene rings is 2. The van der Waals surface area contributed by atoms with Crippen LogP contribution in [0.4, 0.5) is 0 Å². The van der Waals surface area contributed by atoms with E-state index in [2.05, 4.69) is 81.2 Å². The predicted octanol–water partition coefficient (Wildman–Crippen LogP) is 5.52. The van der Waals surface area contributed by atoms with Gasteiger partial charge in [-0.15, -0.1) is 0 Å². The number of aryl methyl sites for hydroxylation is 2. The zero-order valence-corrected chi connectivity index (χ0v) is 20.0. The van der Waals surface area contributed by atoms with Crippen molar-refractivity contribution in [3.05, 3.63) is 64.2 Å². The summed E-state index contributed by atoms with van der Waals surface area (Å²) in [6.07, 6.45) is 1.84. The molecule has 1 atom stereocenters. The van der Waals surface area contributed by atoms with Crippen molar-refractivity contribution in [1.82, 2.24) is 10.2 Å². The molecule has 31 heavy (non-hydrogen) atoms. The summed E-state index contributed by atoms with van der Waals surface area (Å²) in [5, 5.41) is 3.28. The summed E-state index contributed by atoms with van der Waals surface area (Å²) in [5.74, 6) is 1.58. The molecule has 1 aliphatic heterocycles. The zero-order chi connectivity index (χ0) is 22.5. The number of hydrogen-bond donors (Lipinski definition) is 1. The molecule has 168 valence electrons. The molecule has 0 radical (unpaired) electrons. The van der Waals surface area contributed by atoms with Gasteiger partial charge in [0.1, 0.15) is 5.75 Å². The molecule has 0 aromatic heterocycles. The maximum atomic E-state index is 13.0. The van der Waals surface area contributed by atoms with Crippen molar-refractivity contribution >= 4 is 5.91 Å². The van der Waals surface area contributed by atoms with Gasteiger partial charge in [0.2, 0.25) is 5.91 Å². The molecule has 4 heteroatoms. The van der Waals surface area contributed by atoms with Crippen molar-refractivity contribution in [3.8, 4) is 5.75 Å². The van der Waals surface area contributed by atoms with Gasteiger partial charge >= 0.3 is 0 Å². The third kappa shape index (κ3) is 5.88. The Balaban J connectivity index is 1.58. The normalized spacial score (nSPS) is 16.4. The van der Waals surface area contributed by atoms with E-state index in [9.17, 15) is 4.79 Å². The van der Waals surface area contributed by atoms with Crippen LogP contribution in [0.3, 0.4) is 0 Å². The number of hydrogen-bond acceptors (Lipinski definition) is 3. The number of carbonyl (C=O) groups excluding carboxylic acids is 1. The number of ether oxygens (including phenoxy) is 1. The molecule has 2 aromatic rings. The monoisotopic (exact) mass is 422 g/mol. The van der Waals surface area contributed by atoms with Crippen molar-refractivity contribution in [2.75, 3.05) is 20.2 Å². The summed E-state index contributed by atoms with van der Waals surface area (Å²) in [5.41, 5.74) is 6.17. The standard InChI is InChI=1S/C27H38N2O2/c1-18(2)24-16-25(20(4)15-26(24)31-6)21(5)28-27(30)23-10-12-29(13-11-23)17-22-9-7-8-19(3)14-22/h7-9,14-16,18,21,23H,10-13,17H2,1-6H3,(H,28,30)/t21-/m0/s1. The summed E-state index contributed by atoms with van der Waals surface area (Å²) >= 11 is 0. The quantitative estimate of drug-likeness (QED) is 0.638. The fourth-order valence-corrected chi connectivity index (χ4v) is 4.64. The first-order chi connectivity index (χ1) is 14.8. The van der Waals surface area contributed by atoms with Gasteiger partial charge in [-0.25, -0.2) is 0 Å². The van der Waals surface area contributed by atoms with Crippen molar-refractivity contribution in [2.45, 2.75) is 66.0 Å². The van der Waals surface area contributed by atoms with Gasteiger partial charge in [0, 0.05) is 12.5 Å². The van der Waals surface area contributed by atoms with Crippen molar-refractivity contribution in [1.29, 1.82) is 0 Å². The smallest absolute Gasteiger partial charge is 0.223 e. The minimum atomic E-state index is -0.0128. The molecule has 1 N–H and O–H groups in total. The first-order valence-corrected chi connectivity index (χ1v) is 11.5. The lowest BCUT2D eigenvalue weighted by molar-refractivity contribution is -0.127. The van der Waals surface area contributed by atoms with E-state index in [0.29, 0.717) is 5.92 Å². The van der Waals surface area contributed by atoms with Crippen molar-refractivity contribution in [2.24, 2.45) is 5.92 Å². The number of piperidine rings is 1. The minimum Gasteiger partial charge on any atom is -0.496 e. The SMILES string of the molecule is COc1cc(C)c([C@H](C)NC(=O)C2CCN(Cc3cccc(C)c3)CC2)cc1C(C)C.